The molecule has 0 spiro atoms. The minimum absolute atomic E-state index is 0.272. The first-order chi connectivity index (χ1) is 5.70. The van der Waals surface area contributed by atoms with Crippen LogP contribution >= 0.6 is 0 Å². The standard InChI is InChI=1S/C8H12N2O2/c1-5-6(8(11)12-2)3-4-7(5)10-9/h3-4,9H2,1-2H3/b10-7-. The minimum Gasteiger partial charge on any atom is -0.466 e. The average Bonchev–Trinajstić information content (AvgIpc) is 2.45. The molecule has 66 valence electrons. The summed E-state index contributed by atoms with van der Waals surface area (Å²) in [6.45, 7) is 1.84. The molecule has 0 saturated carbocycles. The van der Waals surface area contributed by atoms with Crippen molar-refractivity contribution in [2.24, 2.45) is 10.9 Å². The van der Waals surface area contributed by atoms with Crippen LogP contribution in [-0.2, 0) is 9.53 Å². The Labute approximate surface area is 71.1 Å². The Kier molecular flexibility index (Phi) is 2.47. The molecule has 0 saturated heterocycles. The fourth-order valence-electron chi connectivity index (χ4n) is 1.33. The summed E-state index contributed by atoms with van der Waals surface area (Å²) in [5.41, 5.74) is 2.36. The summed E-state index contributed by atoms with van der Waals surface area (Å²) in [6.07, 6.45) is 1.43. The van der Waals surface area contributed by atoms with Crippen LogP contribution < -0.4 is 5.84 Å². The molecule has 0 bridgehead atoms. The molecule has 0 aliphatic heterocycles. The molecule has 0 fully saturated rings. The molecule has 1 aliphatic carbocycles. The maximum Gasteiger partial charge on any atom is 0.334 e. The molecular formula is C8H12N2O2. The van der Waals surface area contributed by atoms with Gasteiger partial charge in [0.25, 0.3) is 0 Å². The van der Waals surface area contributed by atoms with E-state index in [0.717, 1.165) is 17.7 Å². The molecule has 1 aliphatic rings. The van der Waals surface area contributed by atoms with Gasteiger partial charge in [0.15, 0.2) is 0 Å². The summed E-state index contributed by atoms with van der Waals surface area (Å²) in [5.74, 6) is 4.86. The van der Waals surface area contributed by atoms with Crippen LogP contribution in [0.1, 0.15) is 19.8 Å². The summed E-state index contributed by atoms with van der Waals surface area (Å²) in [6, 6.07) is 0. The highest BCUT2D eigenvalue weighted by Gasteiger charge is 2.23. The zero-order chi connectivity index (χ0) is 9.14. The topological polar surface area (TPSA) is 64.7 Å². The van der Waals surface area contributed by atoms with Gasteiger partial charge in [-0.2, -0.15) is 5.10 Å². The van der Waals surface area contributed by atoms with Crippen molar-refractivity contribution in [2.75, 3.05) is 7.11 Å². The summed E-state index contributed by atoms with van der Waals surface area (Å²) in [7, 11) is 1.38. The lowest BCUT2D eigenvalue weighted by atomic mass is 10.2. The number of hydrogen-bond donors (Lipinski definition) is 1. The Hall–Kier alpha value is -1.32. The molecule has 4 nitrogen and oxygen atoms in total. The summed E-state index contributed by atoms with van der Waals surface area (Å²) in [4.78, 5) is 11.1. The lowest BCUT2D eigenvalue weighted by Gasteiger charge is -1.99. The number of methoxy groups -OCH3 is 1. The third-order valence-electron chi connectivity index (χ3n) is 2.08. The molecule has 2 N–H and O–H groups in total. The smallest absolute Gasteiger partial charge is 0.334 e. The summed E-state index contributed by atoms with van der Waals surface area (Å²) >= 11 is 0. The number of hydrogen-bond acceptors (Lipinski definition) is 4. The van der Waals surface area contributed by atoms with Gasteiger partial charge in [-0.1, -0.05) is 0 Å². The number of nitrogens with zero attached hydrogens (tertiary/aromatic N) is 1. The monoisotopic (exact) mass is 168 g/mol. The van der Waals surface area contributed by atoms with Crippen LogP contribution in [0.2, 0.25) is 0 Å². The second-order valence-corrected chi connectivity index (χ2v) is 2.67. The number of rotatable bonds is 1. The SMILES string of the molecule is COC(=O)C1=C(C)/C(=N\N)CC1. The molecule has 0 aromatic carbocycles. The van der Waals surface area contributed by atoms with Crippen molar-refractivity contribution in [3.05, 3.63) is 11.1 Å². The van der Waals surface area contributed by atoms with Gasteiger partial charge in [-0.05, 0) is 25.3 Å². The molecule has 0 heterocycles. The van der Waals surface area contributed by atoms with Gasteiger partial charge in [0.2, 0.25) is 0 Å². The number of allylic oxidation sites excluding steroid dienone is 1. The zero-order valence-corrected chi connectivity index (χ0v) is 7.26. The maximum absolute atomic E-state index is 11.1. The third-order valence-corrected chi connectivity index (χ3v) is 2.08. The fourth-order valence-corrected chi connectivity index (χ4v) is 1.33. The number of nitrogens with two attached hydrogens (primary N) is 1. The predicted molar refractivity (Wildman–Crippen MR) is 45.6 cm³/mol. The van der Waals surface area contributed by atoms with E-state index in [0.29, 0.717) is 12.0 Å². The van der Waals surface area contributed by atoms with E-state index < -0.39 is 0 Å². The van der Waals surface area contributed by atoms with Crippen LogP contribution in [0.15, 0.2) is 16.2 Å². The van der Waals surface area contributed by atoms with Crippen LogP contribution in [0.4, 0.5) is 0 Å². The molecule has 12 heavy (non-hydrogen) atoms. The highest BCUT2D eigenvalue weighted by molar-refractivity contribution is 6.09. The maximum atomic E-state index is 11.1. The van der Waals surface area contributed by atoms with Crippen LogP contribution in [0, 0.1) is 0 Å². The van der Waals surface area contributed by atoms with Gasteiger partial charge in [-0.15, -0.1) is 0 Å². The normalized spacial score (nSPS) is 20.3. The van der Waals surface area contributed by atoms with Gasteiger partial charge >= 0.3 is 5.97 Å². The highest BCUT2D eigenvalue weighted by Crippen LogP contribution is 2.23. The molecule has 0 atom stereocenters. The van der Waals surface area contributed by atoms with E-state index in [1.165, 1.54) is 7.11 Å². The Morgan fingerprint density at radius 3 is 2.67 bits per heavy atom. The van der Waals surface area contributed by atoms with Gasteiger partial charge in [-0.3, -0.25) is 0 Å². The van der Waals surface area contributed by atoms with E-state index >= 15 is 0 Å². The number of hydrazone groups is 1. The van der Waals surface area contributed by atoms with E-state index in [1.807, 2.05) is 6.92 Å². The van der Waals surface area contributed by atoms with Crippen molar-refractivity contribution < 1.29 is 9.53 Å². The van der Waals surface area contributed by atoms with Gasteiger partial charge in [0.1, 0.15) is 0 Å². The lowest BCUT2D eigenvalue weighted by Crippen LogP contribution is -2.04. The molecular weight excluding hydrogens is 156 g/mol. The van der Waals surface area contributed by atoms with E-state index in [2.05, 4.69) is 9.84 Å². The second kappa shape index (κ2) is 3.38. The first kappa shape index (κ1) is 8.77. The molecule has 1 rings (SSSR count). The van der Waals surface area contributed by atoms with Crippen molar-refractivity contribution in [2.45, 2.75) is 19.8 Å². The quantitative estimate of drug-likeness (QED) is 0.354. The van der Waals surface area contributed by atoms with Crippen molar-refractivity contribution in [3.63, 3.8) is 0 Å². The van der Waals surface area contributed by atoms with Crippen LogP contribution in [0.5, 0.6) is 0 Å². The Bertz CT molecular complexity index is 266. The van der Waals surface area contributed by atoms with E-state index in [9.17, 15) is 4.79 Å². The van der Waals surface area contributed by atoms with Gasteiger partial charge in [0.05, 0.1) is 12.8 Å². The number of carbonyl (C=O) groups is 1. The van der Waals surface area contributed by atoms with Crippen LogP contribution in [-0.4, -0.2) is 18.8 Å². The molecule has 0 aromatic rings. The Morgan fingerprint density at radius 2 is 2.25 bits per heavy atom. The first-order valence-electron chi connectivity index (χ1n) is 3.76. The largest absolute Gasteiger partial charge is 0.466 e. The summed E-state index contributed by atoms with van der Waals surface area (Å²) < 4.78 is 4.60. The van der Waals surface area contributed by atoms with E-state index in [4.69, 9.17) is 5.84 Å². The van der Waals surface area contributed by atoms with E-state index in [1.54, 1.807) is 0 Å². The van der Waals surface area contributed by atoms with Crippen LogP contribution in [0.25, 0.3) is 0 Å². The third kappa shape index (κ3) is 1.32. The highest BCUT2D eigenvalue weighted by atomic mass is 16.5. The van der Waals surface area contributed by atoms with Gasteiger partial charge in [-0.25, -0.2) is 4.79 Å². The summed E-state index contributed by atoms with van der Waals surface area (Å²) in [5, 5.41) is 3.59. The Morgan fingerprint density at radius 1 is 1.58 bits per heavy atom. The molecule has 0 unspecified atom stereocenters. The number of esters is 1. The minimum atomic E-state index is -0.272. The van der Waals surface area contributed by atoms with E-state index in [-0.39, 0.29) is 5.97 Å². The molecule has 4 heteroatoms. The van der Waals surface area contributed by atoms with Gasteiger partial charge < -0.3 is 10.6 Å². The van der Waals surface area contributed by atoms with Gasteiger partial charge in [0, 0.05) is 5.57 Å². The predicted octanol–water partition coefficient (Wildman–Crippen LogP) is 0.584. The first-order valence-corrected chi connectivity index (χ1v) is 3.76. The van der Waals surface area contributed by atoms with Crippen molar-refractivity contribution in [1.82, 2.24) is 0 Å². The molecule has 0 amide bonds. The second-order valence-electron chi connectivity index (χ2n) is 2.67. The van der Waals surface area contributed by atoms with Crippen molar-refractivity contribution >= 4 is 11.7 Å². The number of ether oxygens (including phenoxy) is 1. The average molecular weight is 168 g/mol. The van der Waals surface area contributed by atoms with Crippen molar-refractivity contribution in [1.29, 1.82) is 0 Å². The fraction of sp³-hybridized carbons (Fsp3) is 0.500. The zero-order valence-electron chi connectivity index (χ0n) is 7.26. The van der Waals surface area contributed by atoms with Crippen molar-refractivity contribution in [3.8, 4) is 0 Å². The number of carbonyl (C=O) groups excluding carboxylic acids is 1. The molecule has 0 aromatic heterocycles. The van der Waals surface area contributed by atoms with Crippen LogP contribution in [0.3, 0.4) is 0 Å². The molecule has 0 radical (unpaired) electrons. The Balaban J connectivity index is 2.92. The lowest BCUT2D eigenvalue weighted by molar-refractivity contribution is -0.136.